The zero-order chi connectivity index (χ0) is 17.8. The maximum absolute atomic E-state index is 10.5. The molecule has 0 amide bonds. The normalized spacial score (nSPS) is 10.6. The second-order valence-corrected chi connectivity index (χ2v) is 5.34. The first-order valence-corrected chi connectivity index (χ1v) is 7.87. The monoisotopic (exact) mass is 345 g/mol. The van der Waals surface area contributed by atoms with Gasteiger partial charge in [0.15, 0.2) is 0 Å². The molecule has 0 fully saturated rings. The van der Waals surface area contributed by atoms with E-state index in [1.54, 1.807) is 0 Å². The van der Waals surface area contributed by atoms with Crippen molar-refractivity contribution in [3.05, 3.63) is 60.2 Å². The first-order valence-electron chi connectivity index (χ1n) is 7.87. The Morgan fingerprint density at radius 3 is 2.04 bits per heavy atom. The number of carboxylic acid groups (broad SMARTS) is 1. The molecule has 0 aliphatic rings. The van der Waals surface area contributed by atoms with Crippen LogP contribution in [0.4, 0.5) is 0 Å². The predicted octanol–water partition coefficient (Wildman–Crippen LogP) is 2.86. The van der Waals surface area contributed by atoms with Gasteiger partial charge >= 0.3 is 5.97 Å². The van der Waals surface area contributed by atoms with Crippen LogP contribution in [0.25, 0.3) is 11.1 Å². The average Bonchev–Trinajstić information content (AvgIpc) is 2.63. The Morgan fingerprint density at radius 2 is 1.56 bits per heavy atom. The summed E-state index contributed by atoms with van der Waals surface area (Å²) in [6.07, 6.45) is 3.02. The number of hydrogen-bond donors (Lipinski definition) is 4. The number of aldehydes is 1. The summed E-state index contributed by atoms with van der Waals surface area (Å²) < 4.78 is 0. The lowest BCUT2D eigenvalue weighted by Gasteiger charge is -2.03. The van der Waals surface area contributed by atoms with Crippen LogP contribution in [0.3, 0.4) is 0 Å². The van der Waals surface area contributed by atoms with Crippen LogP contribution in [0.5, 0.6) is 0 Å². The number of aliphatic carboxylic acids is 1. The van der Waals surface area contributed by atoms with Gasteiger partial charge in [0.2, 0.25) is 0 Å². The van der Waals surface area contributed by atoms with E-state index in [4.69, 9.17) is 16.6 Å². The average molecular weight is 345 g/mol. The molecule has 2 aromatic rings. The van der Waals surface area contributed by atoms with E-state index in [0.717, 1.165) is 24.7 Å². The van der Waals surface area contributed by atoms with Gasteiger partial charge in [-0.05, 0) is 30.5 Å². The van der Waals surface area contributed by atoms with Crippen molar-refractivity contribution in [3.8, 4) is 11.1 Å². The first kappa shape index (κ1) is 22.5. The Hall–Kier alpha value is -2.54. The number of carbonyl (C=O) groups is 2. The fraction of sp³-hybridized carbons (Fsp3) is 0.263. The van der Waals surface area contributed by atoms with Crippen LogP contribution in [0.15, 0.2) is 54.6 Å². The molecule has 0 bridgehead atoms. The molecule has 0 radical (unpaired) electrons. The number of rotatable bonds is 7. The standard InChI is InChI=1S/C13H10O.C6H14N2O2.H3N/c14-10-11-6-8-13(9-7-11)12-4-2-1-3-5-12;7-4-2-1-3-5(8)6(9)10;/h1-10H;5H,1-4,7-8H2,(H,9,10);1H3. The van der Waals surface area contributed by atoms with Gasteiger partial charge in [-0.25, -0.2) is 0 Å². The van der Waals surface area contributed by atoms with Gasteiger partial charge in [0.25, 0.3) is 0 Å². The summed E-state index contributed by atoms with van der Waals surface area (Å²) >= 11 is 0. The molecule has 0 saturated heterocycles. The third-order valence-electron chi connectivity index (χ3n) is 3.44. The Kier molecular flexibility index (Phi) is 11.5. The maximum Gasteiger partial charge on any atom is 0.320 e. The summed E-state index contributed by atoms with van der Waals surface area (Å²) in [6, 6.07) is 17.0. The van der Waals surface area contributed by atoms with Crippen LogP contribution in [0, 0.1) is 0 Å². The number of nitrogens with two attached hydrogens (primary N) is 2. The van der Waals surface area contributed by atoms with Gasteiger partial charge in [-0.15, -0.1) is 0 Å². The van der Waals surface area contributed by atoms with Crippen molar-refractivity contribution < 1.29 is 14.7 Å². The lowest BCUT2D eigenvalue weighted by atomic mass is 10.0. The van der Waals surface area contributed by atoms with Crippen molar-refractivity contribution in [2.45, 2.75) is 25.3 Å². The highest BCUT2D eigenvalue weighted by atomic mass is 16.4. The summed E-state index contributed by atoms with van der Waals surface area (Å²) in [5.74, 6) is -0.933. The van der Waals surface area contributed by atoms with Crippen LogP contribution < -0.4 is 17.6 Å². The van der Waals surface area contributed by atoms with Gasteiger partial charge < -0.3 is 22.7 Å². The molecule has 136 valence electrons. The molecule has 0 saturated carbocycles. The molecule has 8 N–H and O–H groups in total. The van der Waals surface area contributed by atoms with E-state index >= 15 is 0 Å². The molecule has 0 spiro atoms. The van der Waals surface area contributed by atoms with E-state index < -0.39 is 12.0 Å². The van der Waals surface area contributed by atoms with Gasteiger partial charge in [-0.2, -0.15) is 0 Å². The Bertz CT molecular complexity index is 616. The molecular weight excluding hydrogens is 318 g/mol. The predicted molar refractivity (Wildman–Crippen MR) is 101 cm³/mol. The van der Waals surface area contributed by atoms with Gasteiger partial charge in [-0.3, -0.25) is 9.59 Å². The van der Waals surface area contributed by atoms with Crippen molar-refractivity contribution in [1.82, 2.24) is 6.15 Å². The summed E-state index contributed by atoms with van der Waals surface area (Å²) in [7, 11) is 0. The molecule has 25 heavy (non-hydrogen) atoms. The van der Waals surface area contributed by atoms with Gasteiger partial charge in [0.1, 0.15) is 12.3 Å². The second-order valence-electron chi connectivity index (χ2n) is 5.34. The van der Waals surface area contributed by atoms with Crippen molar-refractivity contribution >= 4 is 12.3 Å². The number of hydrogen-bond acceptors (Lipinski definition) is 5. The lowest BCUT2D eigenvalue weighted by Crippen LogP contribution is -2.29. The summed E-state index contributed by atoms with van der Waals surface area (Å²) in [4.78, 5) is 20.6. The molecule has 2 rings (SSSR count). The van der Waals surface area contributed by atoms with E-state index in [0.29, 0.717) is 18.5 Å². The second kappa shape index (κ2) is 12.8. The zero-order valence-electron chi connectivity index (χ0n) is 14.3. The first-order chi connectivity index (χ1) is 11.6. The molecule has 0 aliphatic heterocycles. The van der Waals surface area contributed by atoms with E-state index in [-0.39, 0.29) is 6.15 Å². The number of benzene rings is 2. The molecule has 0 aliphatic carbocycles. The number of carboxylic acids is 1. The Balaban J connectivity index is 0.000000471. The molecule has 6 heteroatoms. The topological polar surface area (TPSA) is 141 Å². The molecular formula is C19H27N3O3. The number of carbonyl (C=O) groups excluding carboxylic acids is 1. The smallest absolute Gasteiger partial charge is 0.320 e. The fourth-order valence-electron chi connectivity index (χ4n) is 2.02. The number of unbranched alkanes of at least 4 members (excludes halogenated alkanes) is 1. The summed E-state index contributed by atoms with van der Waals surface area (Å²) in [6.45, 7) is 0.604. The van der Waals surface area contributed by atoms with Crippen LogP contribution in [0.1, 0.15) is 29.6 Å². The lowest BCUT2D eigenvalue weighted by molar-refractivity contribution is -0.138. The van der Waals surface area contributed by atoms with Gasteiger partial charge in [-0.1, -0.05) is 61.0 Å². The third kappa shape index (κ3) is 8.76. The highest BCUT2D eigenvalue weighted by molar-refractivity contribution is 5.76. The van der Waals surface area contributed by atoms with E-state index in [2.05, 4.69) is 12.1 Å². The highest BCUT2D eigenvalue weighted by Gasteiger charge is 2.09. The van der Waals surface area contributed by atoms with Crippen LogP contribution in [0.2, 0.25) is 0 Å². The van der Waals surface area contributed by atoms with Crippen molar-refractivity contribution in [2.24, 2.45) is 11.5 Å². The van der Waals surface area contributed by atoms with E-state index in [9.17, 15) is 9.59 Å². The van der Waals surface area contributed by atoms with Gasteiger partial charge in [0.05, 0.1) is 0 Å². The van der Waals surface area contributed by atoms with Crippen LogP contribution >= 0.6 is 0 Å². The minimum atomic E-state index is -0.933. The summed E-state index contributed by atoms with van der Waals surface area (Å²) in [5.41, 5.74) is 13.4. The Labute approximate surface area is 148 Å². The Morgan fingerprint density at radius 1 is 1.00 bits per heavy atom. The zero-order valence-corrected chi connectivity index (χ0v) is 14.3. The summed E-state index contributed by atoms with van der Waals surface area (Å²) in [5, 5.41) is 8.33. The molecule has 1 atom stereocenters. The van der Waals surface area contributed by atoms with Crippen LogP contribution in [-0.4, -0.2) is 29.9 Å². The van der Waals surface area contributed by atoms with E-state index in [1.807, 2.05) is 42.5 Å². The molecule has 0 aromatic heterocycles. The third-order valence-corrected chi connectivity index (χ3v) is 3.44. The highest BCUT2D eigenvalue weighted by Crippen LogP contribution is 2.18. The quantitative estimate of drug-likeness (QED) is 0.449. The SMILES string of the molecule is N.NCCCCC(N)C(=O)O.O=Cc1ccc(-c2ccccc2)cc1. The fourth-order valence-corrected chi connectivity index (χ4v) is 2.02. The van der Waals surface area contributed by atoms with Crippen molar-refractivity contribution in [1.29, 1.82) is 0 Å². The van der Waals surface area contributed by atoms with Crippen LogP contribution in [-0.2, 0) is 4.79 Å². The minimum absolute atomic E-state index is 0. The van der Waals surface area contributed by atoms with Crippen molar-refractivity contribution in [3.63, 3.8) is 0 Å². The largest absolute Gasteiger partial charge is 0.480 e. The van der Waals surface area contributed by atoms with E-state index in [1.165, 1.54) is 5.56 Å². The molecule has 0 heterocycles. The maximum atomic E-state index is 10.5. The molecule has 2 aromatic carbocycles. The molecule has 6 nitrogen and oxygen atoms in total. The minimum Gasteiger partial charge on any atom is -0.480 e. The van der Waals surface area contributed by atoms with Gasteiger partial charge in [0, 0.05) is 5.56 Å². The molecule has 1 unspecified atom stereocenters. The van der Waals surface area contributed by atoms with Crippen molar-refractivity contribution in [2.75, 3.05) is 6.54 Å².